The van der Waals surface area contributed by atoms with E-state index in [1.165, 1.54) is 0 Å². The molecule has 0 unspecified atom stereocenters. The summed E-state index contributed by atoms with van der Waals surface area (Å²) in [6.07, 6.45) is 3.32. The van der Waals surface area contributed by atoms with Gasteiger partial charge >= 0.3 is 0 Å². The summed E-state index contributed by atoms with van der Waals surface area (Å²) in [6.45, 7) is 5.22. The van der Waals surface area contributed by atoms with Gasteiger partial charge in [-0.3, -0.25) is 9.98 Å². The highest BCUT2D eigenvalue weighted by Gasteiger charge is 2.16. The second-order valence-electron chi connectivity index (χ2n) is 6.75. The molecule has 0 bridgehead atoms. The summed E-state index contributed by atoms with van der Waals surface area (Å²) < 4.78 is 2.94. The molecule has 2 aromatic rings. The monoisotopic (exact) mass is 622 g/mol. The average molecular weight is 626 g/mol. The van der Waals surface area contributed by atoms with Crippen molar-refractivity contribution >= 4 is 76.1 Å². The van der Waals surface area contributed by atoms with Crippen molar-refractivity contribution in [3.8, 4) is 11.5 Å². The lowest BCUT2D eigenvalue weighted by atomic mass is 9.94. The van der Waals surface area contributed by atoms with Gasteiger partial charge in [-0.05, 0) is 56.1 Å². The number of halogens is 4. The van der Waals surface area contributed by atoms with Gasteiger partial charge in [-0.15, -0.1) is 0 Å². The molecular weight excluding hydrogens is 608 g/mol. The Morgan fingerprint density at radius 2 is 1.15 bits per heavy atom. The molecule has 0 aliphatic heterocycles. The third-order valence-electron chi connectivity index (χ3n) is 3.61. The largest absolute Gasteiger partial charge is 0.506 e. The Morgan fingerprint density at radius 1 is 0.778 bits per heavy atom. The number of hydrogen-bond acceptors (Lipinski definition) is 4. The van der Waals surface area contributed by atoms with Gasteiger partial charge in [0.1, 0.15) is 11.5 Å². The lowest BCUT2D eigenvalue weighted by Crippen LogP contribution is -2.19. The first-order valence-corrected chi connectivity index (χ1v) is 11.1. The van der Waals surface area contributed by atoms with Crippen LogP contribution in [0.4, 0.5) is 0 Å². The predicted octanol–water partition coefficient (Wildman–Crippen LogP) is 6.71. The van der Waals surface area contributed by atoms with Crippen LogP contribution in [0.3, 0.4) is 0 Å². The van der Waals surface area contributed by atoms with Crippen molar-refractivity contribution in [2.75, 3.05) is 13.1 Å². The Balaban J connectivity index is 2.03. The molecule has 144 valence electrons. The van der Waals surface area contributed by atoms with Crippen molar-refractivity contribution in [1.82, 2.24) is 0 Å². The number of hydrogen-bond donors (Lipinski definition) is 2. The minimum Gasteiger partial charge on any atom is -0.506 e. The highest BCUT2D eigenvalue weighted by molar-refractivity contribution is 9.11. The summed E-state index contributed by atoms with van der Waals surface area (Å²) in [5.74, 6) is 0.321. The highest BCUT2D eigenvalue weighted by Crippen LogP contribution is 2.32. The molecule has 2 N–H and O–H groups in total. The fraction of sp³-hybridized carbons (Fsp3) is 0.263. The van der Waals surface area contributed by atoms with Gasteiger partial charge in [0, 0.05) is 51.0 Å². The van der Waals surface area contributed by atoms with Gasteiger partial charge in [0.15, 0.2) is 0 Å². The third kappa shape index (κ3) is 6.69. The number of rotatable bonds is 6. The van der Waals surface area contributed by atoms with Crippen LogP contribution in [-0.4, -0.2) is 35.7 Å². The molecule has 27 heavy (non-hydrogen) atoms. The van der Waals surface area contributed by atoms with E-state index in [2.05, 4.69) is 87.6 Å². The van der Waals surface area contributed by atoms with Gasteiger partial charge in [0.2, 0.25) is 0 Å². The third-order valence-corrected chi connectivity index (χ3v) is 5.74. The molecule has 0 radical (unpaired) electrons. The number of phenols is 2. The van der Waals surface area contributed by atoms with Crippen LogP contribution in [0.2, 0.25) is 0 Å². The second-order valence-corrected chi connectivity index (χ2v) is 10.3. The summed E-state index contributed by atoms with van der Waals surface area (Å²) in [7, 11) is 0. The summed E-state index contributed by atoms with van der Waals surface area (Å²) in [5, 5.41) is 20.2. The van der Waals surface area contributed by atoms with Crippen LogP contribution in [0.5, 0.6) is 11.5 Å². The zero-order chi connectivity index (χ0) is 20.2. The van der Waals surface area contributed by atoms with Crippen LogP contribution < -0.4 is 0 Å². The second kappa shape index (κ2) is 9.67. The van der Waals surface area contributed by atoms with Crippen molar-refractivity contribution < 1.29 is 10.2 Å². The number of aromatic hydroxyl groups is 2. The number of nitrogens with zero attached hydrogens (tertiary/aromatic N) is 2. The van der Waals surface area contributed by atoms with E-state index in [4.69, 9.17) is 0 Å². The molecule has 0 saturated heterocycles. The summed E-state index contributed by atoms with van der Waals surface area (Å²) in [5.41, 5.74) is 1.10. The molecule has 0 heterocycles. The lowest BCUT2D eigenvalue weighted by Gasteiger charge is -2.19. The average Bonchev–Trinajstić information content (AvgIpc) is 2.56. The normalized spacial score (nSPS) is 12.4. The first kappa shape index (κ1) is 22.6. The Kier molecular flexibility index (Phi) is 8.09. The van der Waals surface area contributed by atoms with E-state index in [1.54, 1.807) is 24.6 Å². The Hall–Kier alpha value is -0.700. The van der Waals surface area contributed by atoms with E-state index >= 15 is 0 Å². The van der Waals surface area contributed by atoms with E-state index in [0.717, 1.165) is 8.95 Å². The van der Waals surface area contributed by atoms with E-state index in [9.17, 15) is 10.2 Å². The van der Waals surface area contributed by atoms with Gasteiger partial charge in [-0.2, -0.15) is 0 Å². The SMILES string of the molecule is CC(C)(CN=Cc1cc(Br)cc(Br)c1O)CN=Cc1cc(Br)cc(Br)c1O. The molecule has 8 heteroatoms. The molecule has 0 aliphatic carbocycles. The van der Waals surface area contributed by atoms with Gasteiger partial charge < -0.3 is 10.2 Å². The van der Waals surface area contributed by atoms with Gasteiger partial charge in [-0.25, -0.2) is 0 Å². The van der Waals surface area contributed by atoms with Gasteiger partial charge in [0.25, 0.3) is 0 Å². The smallest absolute Gasteiger partial charge is 0.138 e. The Morgan fingerprint density at radius 3 is 1.52 bits per heavy atom. The van der Waals surface area contributed by atoms with E-state index in [-0.39, 0.29) is 16.9 Å². The standard InChI is InChI=1S/C19H18Br4N2O2/c1-19(2,9-24-7-11-3-13(20)5-15(22)17(11)26)10-25-8-12-4-14(21)6-16(23)18(12)27/h3-8,26-27H,9-10H2,1-2H3. The first-order chi connectivity index (χ1) is 12.6. The van der Waals surface area contributed by atoms with Crippen molar-refractivity contribution in [3.05, 3.63) is 53.3 Å². The quantitative estimate of drug-likeness (QED) is 0.351. The molecule has 4 nitrogen and oxygen atoms in total. The topological polar surface area (TPSA) is 65.2 Å². The summed E-state index contributed by atoms with van der Waals surface area (Å²) in [6, 6.07) is 7.17. The Labute approximate surface area is 192 Å². The number of aliphatic imine (C=N–C) groups is 2. The van der Waals surface area contributed by atoms with Gasteiger partial charge in [-0.1, -0.05) is 45.7 Å². The first-order valence-electron chi connectivity index (χ1n) is 7.95. The lowest BCUT2D eigenvalue weighted by molar-refractivity contribution is 0.396. The van der Waals surface area contributed by atoms with Crippen LogP contribution in [0.15, 0.2) is 52.1 Å². The molecule has 2 rings (SSSR count). The molecular formula is C19H18Br4N2O2. The van der Waals surface area contributed by atoms with Crippen molar-refractivity contribution in [2.45, 2.75) is 13.8 Å². The van der Waals surface area contributed by atoms with E-state index in [0.29, 0.717) is 33.2 Å². The maximum Gasteiger partial charge on any atom is 0.138 e. The highest BCUT2D eigenvalue weighted by atomic mass is 79.9. The van der Waals surface area contributed by atoms with Crippen LogP contribution >= 0.6 is 63.7 Å². The fourth-order valence-electron chi connectivity index (χ4n) is 2.20. The maximum atomic E-state index is 10.1. The zero-order valence-electron chi connectivity index (χ0n) is 14.7. The summed E-state index contributed by atoms with van der Waals surface area (Å²) in [4.78, 5) is 8.93. The molecule has 0 atom stereocenters. The van der Waals surface area contributed by atoms with Crippen LogP contribution in [0, 0.1) is 5.41 Å². The molecule has 0 aromatic heterocycles. The number of benzene rings is 2. The molecule has 0 amide bonds. The zero-order valence-corrected chi connectivity index (χ0v) is 21.0. The minimum atomic E-state index is -0.176. The van der Waals surface area contributed by atoms with E-state index < -0.39 is 0 Å². The predicted molar refractivity (Wildman–Crippen MR) is 126 cm³/mol. The Bertz CT molecular complexity index is 824. The fourth-order valence-corrected chi connectivity index (χ4v) is 4.72. The molecule has 2 aromatic carbocycles. The molecule has 0 spiro atoms. The molecule has 0 saturated carbocycles. The molecule has 0 fully saturated rings. The minimum absolute atomic E-state index is 0.161. The molecule has 0 aliphatic rings. The maximum absolute atomic E-state index is 10.1. The van der Waals surface area contributed by atoms with Crippen molar-refractivity contribution in [1.29, 1.82) is 0 Å². The van der Waals surface area contributed by atoms with Crippen LogP contribution in [0.1, 0.15) is 25.0 Å². The van der Waals surface area contributed by atoms with Crippen LogP contribution in [-0.2, 0) is 0 Å². The summed E-state index contributed by atoms with van der Waals surface area (Å²) >= 11 is 13.4. The van der Waals surface area contributed by atoms with Crippen LogP contribution in [0.25, 0.3) is 0 Å². The van der Waals surface area contributed by atoms with Crippen molar-refractivity contribution in [2.24, 2.45) is 15.4 Å². The van der Waals surface area contributed by atoms with Gasteiger partial charge in [0.05, 0.1) is 8.95 Å². The number of phenolic OH excluding ortho intramolecular Hbond substituents is 2. The van der Waals surface area contributed by atoms with E-state index in [1.807, 2.05) is 12.1 Å². The van der Waals surface area contributed by atoms with Crippen molar-refractivity contribution in [3.63, 3.8) is 0 Å².